The maximum atomic E-state index is 12.5. The van der Waals surface area contributed by atoms with Crippen molar-refractivity contribution in [3.8, 4) is 5.88 Å². The highest BCUT2D eigenvalue weighted by molar-refractivity contribution is 5.86. The Morgan fingerprint density at radius 1 is 1.14 bits per heavy atom. The van der Waals surface area contributed by atoms with Crippen molar-refractivity contribution in [3.05, 3.63) is 42.0 Å². The molecule has 1 saturated heterocycles. The molecule has 0 amide bonds. The second-order valence-electron chi connectivity index (χ2n) is 6.78. The zero-order valence-corrected chi connectivity index (χ0v) is 15.5. The number of fused-ring (bicyclic) bond motifs is 1. The molecule has 0 unspecified atom stereocenters. The van der Waals surface area contributed by atoms with Crippen LogP contribution in [0.3, 0.4) is 0 Å². The fraction of sp³-hybridized carbons (Fsp3) is 0.421. The minimum Gasteiger partial charge on any atom is -0.471 e. The van der Waals surface area contributed by atoms with E-state index in [0.717, 1.165) is 49.9 Å². The van der Waals surface area contributed by atoms with E-state index in [4.69, 9.17) is 9.26 Å². The fourth-order valence-corrected chi connectivity index (χ4v) is 3.35. The quantitative estimate of drug-likeness (QED) is 0.642. The van der Waals surface area contributed by atoms with E-state index in [1.807, 2.05) is 31.2 Å². The lowest BCUT2D eigenvalue weighted by molar-refractivity contribution is 0.0804. The molecule has 3 heterocycles. The van der Waals surface area contributed by atoms with Crippen molar-refractivity contribution < 1.29 is 18.0 Å². The van der Waals surface area contributed by atoms with Crippen molar-refractivity contribution in [1.29, 1.82) is 0 Å². The molecule has 28 heavy (non-hydrogen) atoms. The molecule has 4 rings (SSSR count). The lowest BCUT2D eigenvalue weighted by Gasteiger charge is -2.35. The number of rotatable bonds is 6. The third-order valence-electron chi connectivity index (χ3n) is 4.72. The summed E-state index contributed by atoms with van der Waals surface area (Å²) in [6.07, 6.45) is -1.22. The molecule has 9 heteroatoms. The molecule has 0 spiro atoms. The molecule has 1 aliphatic heterocycles. The Kier molecular flexibility index (Phi) is 5.34. The number of piperazine rings is 1. The molecule has 2 aromatic heterocycles. The highest BCUT2D eigenvalue weighted by Crippen LogP contribution is 2.27. The predicted molar refractivity (Wildman–Crippen MR) is 99.8 cm³/mol. The van der Waals surface area contributed by atoms with Gasteiger partial charge in [0.1, 0.15) is 6.33 Å². The molecule has 0 N–H and O–H groups in total. The molecule has 148 valence electrons. The largest absolute Gasteiger partial charge is 0.471 e. The zero-order valence-electron chi connectivity index (χ0n) is 15.5. The highest BCUT2D eigenvalue weighted by Gasteiger charge is 2.19. The Morgan fingerprint density at radius 3 is 2.68 bits per heavy atom. The molecular weight excluding hydrogens is 368 g/mol. The number of aryl methyl sites for hydroxylation is 1. The van der Waals surface area contributed by atoms with E-state index < -0.39 is 13.0 Å². The zero-order chi connectivity index (χ0) is 19.5. The number of hydrogen-bond acceptors (Lipinski definition) is 7. The minimum atomic E-state index is -2.55. The van der Waals surface area contributed by atoms with E-state index in [-0.39, 0.29) is 5.88 Å². The number of ether oxygens (including phenoxy) is 1. The van der Waals surface area contributed by atoms with Crippen LogP contribution in [-0.4, -0.2) is 59.2 Å². The molecule has 0 atom stereocenters. The lowest BCUT2D eigenvalue weighted by Crippen LogP contribution is -2.45. The van der Waals surface area contributed by atoms with Gasteiger partial charge >= 0.3 is 0 Å². The first kappa shape index (κ1) is 18.5. The van der Waals surface area contributed by atoms with Crippen LogP contribution in [-0.2, 0) is 6.54 Å². The lowest BCUT2D eigenvalue weighted by atomic mass is 10.2. The highest BCUT2D eigenvalue weighted by atomic mass is 19.3. The van der Waals surface area contributed by atoms with Crippen molar-refractivity contribution >= 4 is 16.6 Å². The first-order valence-corrected chi connectivity index (χ1v) is 9.14. The Hall–Kier alpha value is -2.81. The molecular formula is C19H21F2N5O2. The maximum absolute atomic E-state index is 12.5. The number of benzene rings is 1. The molecule has 0 saturated carbocycles. The Morgan fingerprint density at radius 2 is 1.96 bits per heavy atom. The molecule has 1 aromatic carbocycles. The molecule has 0 bridgehead atoms. The van der Waals surface area contributed by atoms with Crippen LogP contribution >= 0.6 is 0 Å². The molecule has 1 fully saturated rings. The van der Waals surface area contributed by atoms with Gasteiger partial charge in [-0.2, -0.15) is 0 Å². The topological polar surface area (TPSA) is 67.5 Å². The average molecular weight is 389 g/mol. The smallest absolute Gasteiger partial charge is 0.272 e. The minimum absolute atomic E-state index is 0.187. The summed E-state index contributed by atoms with van der Waals surface area (Å²) in [5, 5.41) is 4.56. The normalized spacial score (nSPS) is 15.5. The van der Waals surface area contributed by atoms with E-state index in [9.17, 15) is 8.78 Å². The van der Waals surface area contributed by atoms with Crippen LogP contribution in [0.25, 0.3) is 10.9 Å². The number of aromatic nitrogens is 3. The number of nitrogens with zero attached hydrogens (tertiary/aromatic N) is 5. The van der Waals surface area contributed by atoms with Crippen LogP contribution in [0, 0.1) is 6.92 Å². The van der Waals surface area contributed by atoms with Crippen molar-refractivity contribution in [2.75, 3.05) is 37.7 Å². The summed E-state index contributed by atoms with van der Waals surface area (Å²) in [6, 6.07) is 7.72. The van der Waals surface area contributed by atoms with Crippen LogP contribution in [0.4, 0.5) is 14.5 Å². The van der Waals surface area contributed by atoms with Gasteiger partial charge in [-0.3, -0.25) is 4.90 Å². The van der Waals surface area contributed by atoms with Crippen molar-refractivity contribution in [2.24, 2.45) is 0 Å². The van der Waals surface area contributed by atoms with Crippen LogP contribution in [0.1, 0.15) is 11.5 Å². The Bertz CT molecular complexity index is 941. The molecule has 0 aliphatic carbocycles. The summed E-state index contributed by atoms with van der Waals surface area (Å²) in [6.45, 7) is 5.43. The van der Waals surface area contributed by atoms with Crippen LogP contribution < -0.4 is 9.64 Å². The molecule has 0 radical (unpaired) electrons. The monoisotopic (exact) mass is 389 g/mol. The second kappa shape index (κ2) is 8.05. The van der Waals surface area contributed by atoms with Gasteiger partial charge in [0.15, 0.2) is 12.4 Å². The summed E-state index contributed by atoms with van der Waals surface area (Å²) in [7, 11) is 0. The number of hydrogen-bond donors (Lipinski definition) is 0. The fourth-order valence-electron chi connectivity index (χ4n) is 3.35. The van der Waals surface area contributed by atoms with Gasteiger partial charge in [0.25, 0.3) is 6.43 Å². The van der Waals surface area contributed by atoms with Crippen molar-refractivity contribution in [3.63, 3.8) is 0 Å². The van der Waals surface area contributed by atoms with Crippen molar-refractivity contribution in [2.45, 2.75) is 19.9 Å². The summed E-state index contributed by atoms with van der Waals surface area (Å²) in [5.41, 5.74) is 2.55. The standard InChI is InChI=1S/C19H21F2N5O2/c1-13-8-15(28-24-13)10-25-4-6-26(7-5-25)14-2-3-17-16(9-14)19(23-12-22-17)27-11-18(20)21/h2-3,8-9,12,18H,4-7,10-11H2,1H3. The molecule has 7 nitrogen and oxygen atoms in total. The first-order chi connectivity index (χ1) is 13.6. The van der Waals surface area contributed by atoms with Gasteiger partial charge in [-0.25, -0.2) is 18.7 Å². The maximum Gasteiger partial charge on any atom is 0.272 e. The third kappa shape index (κ3) is 4.19. The van der Waals surface area contributed by atoms with E-state index >= 15 is 0 Å². The Balaban J connectivity index is 1.45. The van der Waals surface area contributed by atoms with Gasteiger partial charge in [0.05, 0.1) is 23.1 Å². The van der Waals surface area contributed by atoms with Gasteiger partial charge in [-0.1, -0.05) is 5.16 Å². The van der Waals surface area contributed by atoms with Gasteiger partial charge in [-0.15, -0.1) is 0 Å². The SMILES string of the molecule is Cc1cc(CN2CCN(c3ccc4ncnc(OCC(F)F)c4c3)CC2)on1. The number of halogens is 2. The van der Waals surface area contributed by atoms with Gasteiger partial charge < -0.3 is 14.2 Å². The summed E-state index contributed by atoms with van der Waals surface area (Å²) < 4.78 is 35.4. The van der Waals surface area contributed by atoms with E-state index in [1.54, 1.807) is 0 Å². The Labute approximate surface area is 160 Å². The van der Waals surface area contributed by atoms with Crippen molar-refractivity contribution in [1.82, 2.24) is 20.0 Å². The molecule has 3 aromatic rings. The van der Waals surface area contributed by atoms with Gasteiger partial charge in [0, 0.05) is 37.9 Å². The second-order valence-corrected chi connectivity index (χ2v) is 6.78. The van der Waals surface area contributed by atoms with Gasteiger partial charge in [0.2, 0.25) is 5.88 Å². The van der Waals surface area contributed by atoms with E-state index in [2.05, 4.69) is 24.9 Å². The van der Waals surface area contributed by atoms with Gasteiger partial charge in [-0.05, 0) is 25.1 Å². The molecule has 1 aliphatic rings. The third-order valence-corrected chi connectivity index (χ3v) is 4.72. The number of alkyl halides is 2. The summed E-state index contributed by atoms with van der Waals surface area (Å²) in [5.74, 6) is 1.06. The van der Waals surface area contributed by atoms with Crippen LogP contribution in [0.15, 0.2) is 35.1 Å². The summed E-state index contributed by atoms with van der Waals surface area (Å²) in [4.78, 5) is 12.8. The predicted octanol–water partition coefficient (Wildman–Crippen LogP) is 2.89. The number of anilines is 1. The van der Waals surface area contributed by atoms with Crippen LogP contribution in [0.2, 0.25) is 0 Å². The van der Waals surface area contributed by atoms with E-state index in [1.165, 1.54) is 6.33 Å². The van der Waals surface area contributed by atoms with Crippen LogP contribution in [0.5, 0.6) is 5.88 Å². The first-order valence-electron chi connectivity index (χ1n) is 9.14. The average Bonchev–Trinajstić information content (AvgIpc) is 3.11. The van der Waals surface area contributed by atoms with E-state index in [0.29, 0.717) is 10.9 Å². The summed E-state index contributed by atoms with van der Waals surface area (Å²) >= 11 is 0.